The van der Waals surface area contributed by atoms with E-state index >= 15 is 0 Å². The van der Waals surface area contributed by atoms with Gasteiger partial charge in [0.1, 0.15) is 17.4 Å². The number of amides is 1. The molecule has 0 spiro atoms. The number of hydroxylamine groups is 2. The van der Waals surface area contributed by atoms with Gasteiger partial charge in [-0.3, -0.25) is 4.90 Å². The number of rotatable bonds is 3. The van der Waals surface area contributed by atoms with E-state index in [1.54, 1.807) is 24.3 Å². The lowest BCUT2D eigenvalue weighted by molar-refractivity contribution is -0.796. The van der Waals surface area contributed by atoms with Crippen molar-refractivity contribution in [3.05, 3.63) is 35.0 Å². The summed E-state index contributed by atoms with van der Waals surface area (Å²) >= 11 is 0. The number of piperidine rings is 3. The number of carbonyl (C=O) groups excluding carboxylic acids is 1. The van der Waals surface area contributed by atoms with Gasteiger partial charge >= 0.3 is 5.91 Å². The summed E-state index contributed by atoms with van der Waals surface area (Å²) < 4.78 is 5.18. The van der Waals surface area contributed by atoms with Crippen LogP contribution in [0.3, 0.4) is 0 Å². The number of benzene rings is 1. The Kier molecular flexibility index (Phi) is 3.74. The Morgan fingerprint density at radius 3 is 2.65 bits per heavy atom. The molecule has 5 heteroatoms. The summed E-state index contributed by atoms with van der Waals surface area (Å²) in [5.74, 6) is 0.458. The predicted octanol–water partition coefficient (Wildman–Crippen LogP) is 0.312. The first-order chi connectivity index (χ1) is 9.70. The van der Waals surface area contributed by atoms with Gasteiger partial charge in [0.05, 0.1) is 13.7 Å². The fraction of sp³-hybridized carbons (Fsp3) is 0.533. The number of hydrogen-bond donors (Lipinski definition) is 1. The number of ether oxygens (including phenoxy) is 1. The van der Waals surface area contributed by atoms with Crippen LogP contribution in [0.15, 0.2) is 24.3 Å². The predicted molar refractivity (Wildman–Crippen MR) is 74.6 cm³/mol. The van der Waals surface area contributed by atoms with Crippen LogP contribution < -0.4 is 9.80 Å². The summed E-state index contributed by atoms with van der Waals surface area (Å²) in [5, 5.41) is 12.3. The number of carbonyl (C=O) groups is 1. The summed E-state index contributed by atoms with van der Waals surface area (Å²) in [7, 11) is 1.52. The minimum atomic E-state index is -0.402. The van der Waals surface area contributed by atoms with E-state index < -0.39 is 5.91 Å². The van der Waals surface area contributed by atoms with Crippen molar-refractivity contribution in [1.82, 2.24) is 4.90 Å². The first-order valence-electron chi connectivity index (χ1n) is 7.14. The number of hydrogen-bond acceptors (Lipinski definition) is 4. The van der Waals surface area contributed by atoms with E-state index in [0.29, 0.717) is 17.2 Å². The number of methoxy groups -OCH3 is 1. The Morgan fingerprint density at radius 1 is 1.35 bits per heavy atom. The highest BCUT2D eigenvalue weighted by Crippen LogP contribution is 2.26. The van der Waals surface area contributed by atoms with Crippen molar-refractivity contribution in [3.63, 3.8) is 0 Å². The van der Waals surface area contributed by atoms with Crippen LogP contribution in [0, 0.1) is 11.1 Å². The van der Waals surface area contributed by atoms with Crippen LogP contribution in [-0.2, 0) is 0 Å². The van der Waals surface area contributed by atoms with Crippen LogP contribution in [0.2, 0.25) is 0 Å². The lowest BCUT2D eigenvalue weighted by atomic mass is 9.83. The third kappa shape index (κ3) is 2.32. The smallest absolute Gasteiger partial charge is 0.348 e. The summed E-state index contributed by atoms with van der Waals surface area (Å²) in [6.07, 6.45) is 2.07. The average molecular weight is 276 g/mol. The molecule has 108 valence electrons. The molecule has 0 aliphatic carbocycles. The Bertz CT molecular complexity index is 498. The van der Waals surface area contributed by atoms with Gasteiger partial charge in [0.25, 0.3) is 0 Å². The third-order valence-electron chi connectivity index (χ3n) is 4.57. The quantitative estimate of drug-likeness (QED) is 0.807. The molecule has 20 heavy (non-hydrogen) atoms. The van der Waals surface area contributed by atoms with E-state index in [-0.39, 0.29) is 11.1 Å². The zero-order chi connectivity index (χ0) is 14.1. The largest absolute Gasteiger partial charge is 0.626 e. The maximum absolute atomic E-state index is 12.5. The van der Waals surface area contributed by atoms with E-state index in [9.17, 15) is 10.0 Å². The Morgan fingerprint density at radius 2 is 2.05 bits per heavy atom. The third-order valence-corrected chi connectivity index (χ3v) is 4.57. The van der Waals surface area contributed by atoms with Gasteiger partial charge in [0.15, 0.2) is 0 Å². The molecule has 3 fully saturated rings. The van der Waals surface area contributed by atoms with Gasteiger partial charge in [-0.25, -0.2) is 4.79 Å². The van der Waals surface area contributed by atoms with Crippen LogP contribution in [0.25, 0.3) is 0 Å². The number of nitrogens with zero attached hydrogens (tertiary/aromatic N) is 1. The highest BCUT2D eigenvalue weighted by molar-refractivity contribution is 5.90. The maximum Gasteiger partial charge on any atom is 0.348 e. The molecule has 1 amide bonds. The molecule has 4 rings (SSSR count). The first-order valence-corrected chi connectivity index (χ1v) is 7.14. The molecule has 3 saturated heterocycles. The second kappa shape index (κ2) is 5.52. The van der Waals surface area contributed by atoms with Gasteiger partial charge in [0.2, 0.25) is 0 Å². The summed E-state index contributed by atoms with van der Waals surface area (Å²) in [4.78, 5) is 14.7. The average Bonchev–Trinajstić information content (AvgIpc) is 2.54. The molecule has 3 aliphatic heterocycles. The Balaban J connectivity index is 1.80. The Hall–Kier alpha value is -1.43. The standard InChI is InChI=1S/C15H20N2O3/c1-20-14-5-3-2-4-12(14)15(18)17(19)13-10-16-8-6-11(13)7-9-16/h2-5,11,13,17H,6-10H2,1H3. The fourth-order valence-electron chi connectivity index (χ4n) is 3.40. The summed E-state index contributed by atoms with van der Waals surface area (Å²) in [6, 6.07) is 6.82. The van der Waals surface area contributed by atoms with Crippen molar-refractivity contribution in [3.8, 4) is 5.75 Å². The lowest BCUT2D eigenvalue weighted by Crippen LogP contribution is -3.16. The van der Waals surface area contributed by atoms with Crippen LogP contribution in [0.4, 0.5) is 0 Å². The van der Waals surface area contributed by atoms with Crippen molar-refractivity contribution in [2.75, 3.05) is 26.7 Å². The molecule has 5 nitrogen and oxygen atoms in total. The van der Waals surface area contributed by atoms with Crippen LogP contribution >= 0.6 is 0 Å². The second-order valence-electron chi connectivity index (χ2n) is 5.64. The van der Waals surface area contributed by atoms with Crippen molar-refractivity contribution in [2.24, 2.45) is 5.92 Å². The summed E-state index contributed by atoms with van der Waals surface area (Å²) in [6.45, 7) is 2.87. The monoisotopic (exact) mass is 276 g/mol. The molecule has 1 aromatic rings. The maximum atomic E-state index is 12.5. The van der Waals surface area contributed by atoms with Gasteiger partial charge in [-0.15, -0.1) is 0 Å². The highest BCUT2D eigenvalue weighted by atomic mass is 16.5. The van der Waals surface area contributed by atoms with Gasteiger partial charge in [-0.2, -0.15) is 0 Å². The molecule has 2 unspecified atom stereocenters. The molecule has 1 N–H and O–H groups in total. The number of nitrogens with one attached hydrogen (secondary N) is 1. The first kappa shape index (κ1) is 13.5. The van der Waals surface area contributed by atoms with Crippen LogP contribution in [0.1, 0.15) is 23.2 Å². The molecule has 3 heterocycles. The molecule has 2 bridgehead atoms. The fourth-order valence-corrected chi connectivity index (χ4v) is 3.40. The molecule has 3 aliphatic rings. The highest BCUT2D eigenvalue weighted by Gasteiger charge is 2.40. The molecular weight excluding hydrogens is 256 g/mol. The van der Waals surface area contributed by atoms with Gasteiger partial charge < -0.3 is 15.0 Å². The van der Waals surface area contributed by atoms with E-state index in [1.807, 2.05) is 0 Å². The van der Waals surface area contributed by atoms with Crippen LogP contribution in [0.5, 0.6) is 5.75 Å². The topological polar surface area (TPSA) is 57.0 Å². The number of quaternary nitrogens is 1. The van der Waals surface area contributed by atoms with Crippen molar-refractivity contribution < 1.29 is 14.6 Å². The zero-order valence-corrected chi connectivity index (χ0v) is 11.7. The number of fused-ring (bicyclic) bond motifs is 3. The van der Waals surface area contributed by atoms with Gasteiger partial charge in [-0.1, -0.05) is 12.1 Å². The Labute approximate surface area is 118 Å². The normalized spacial score (nSPS) is 30.0. The van der Waals surface area contributed by atoms with Gasteiger partial charge in [-0.05, 0) is 38.1 Å². The minimum absolute atomic E-state index is 0.130. The van der Waals surface area contributed by atoms with Crippen LogP contribution in [-0.4, -0.2) is 43.6 Å². The van der Waals surface area contributed by atoms with E-state index in [0.717, 1.165) is 32.5 Å². The van der Waals surface area contributed by atoms with Crippen molar-refractivity contribution >= 4 is 5.91 Å². The van der Waals surface area contributed by atoms with Crippen molar-refractivity contribution in [1.29, 1.82) is 0 Å². The van der Waals surface area contributed by atoms with Gasteiger partial charge in [0, 0.05) is 5.92 Å². The van der Waals surface area contributed by atoms with Crippen molar-refractivity contribution in [2.45, 2.75) is 18.9 Å². The van der Waals surface area contributed by atoms with E-state index in [4.69, 9.17) is 4.74 Å². The zero-order valence-electron chi connectivity index (χ0n) is 11.7. The number of para-hydroxylation sites is 1. The molecular formula is C15H20N2O3. The molecule has 2 atom stereocenters. The molecule has 0 saturated carbocycles. The van der Waals surface area contributed by atoms with E-state index in [2.05, 4.69) is 4.90 Å². The van der Waals surface area contributed by atoms with E-state index in [1.165, 1.54) is 7.11 Å². The molecule has 1 aromatic carbocycles. The molecule has 0 radical (unpaired) electrons. The SMILES string of the molecule is COc1ccccc1C(=O)[NH+]([O-])C1CN2CCC1CC2. The second-order valence-corrected chi connectivity index (χ2v) is 5.64. The minimum Gasteiger partial charge on any atom is -0.626 e. The summed E-state index contributed by atoms with van der Waals surface area (Å²) in [5.41, 5.74) is 0.386. The molecule has 0 aromatic heterocycles. The lowest BCUT2D eigenvalue weighted by Gasteiger charge is -2.47.